The summed E-state index contributed by atoms with van der Waals surface area (Å²) in [7, 11) is 0. The molecule has 2 heteroatoms. The Morgan fingerprint density at radius 2 is 1.67 bits per heavy atom. The molecule has 1 aliphatic rings. The van der Waals surface area contributed by atoms with Crippen molar-refractivity contribution in [1.82, 2.24) is 0 Å². The number of thioether (sulfide) groups is 1. The minimum atomic E-state index is -0.356. The highest BCUT2D eigenvalue weighted by atomic mass is 32.2. The van der Waals surface area contributed by atoms with E-state index >= 15 is 0 Å². The summed E-state index contributed by atoms with van der Waals surface area (Å²) in [5, 5.41) is 11.0. The molecule has 0 aromatic heterocycles. The summed E-state index contributed by atoms with van der Waals surface area (Å²) in [6.07, 6.45) is 14.1. The molecule has 2 atom stereocenters. The summed E-state index contributed by atoms with van der Waals surface area (Å²) in [5.41, 5.74) is -0.356. The number of rotatable bonds is 9. The molecule has 1 heterocycles. The summed E-state index contributed by atoms with van der Waals surface area (Å²) >= 11 is 1.95. The molecule has 1 aliphatic heterocycles. The first-order chi connectivity index (χ1) is 8.69. The largest absolute Gasteiger partial charge is 0.389 e. The van der Waals surface area contributed by atoms with Crippen molar-refractivity contribution < 1.29 is 5.11 Å². The van der Waals surface area contributed by atoms with E-state index in [2.05, 4.69) is 13.8 Å². The van der Waals surface area contributed by atoms with Crippen LogP contribution < -0.4 is 0 Å². The van der Waals surface area contributed by atoms with E-state index in [0.717, 1.165) is 12.8 Å². The minimum absolute atomic E-state index is 0.356. The number of unbranched alkanes of at least 4 members (excludes halogenated alkanes) is 7. The van der Waals surface area contributed by atoms with Crippen molar-refractivity contribution in [2.24, 2.45) is 0 Å². The third-order valence-corrected chi connectivity index (χ3v) is 5.80. The zero-order chi connectivity index (χ0) is 13.3. The first kappa shape index (κ1) is 16.4. The molecule has 0 aliphatic carbocycles. The molecular formula is C16H32OS. The van der Waals surface area contributed by atoms with Gasteiger partial charge in [-0.25, -0.2) is 0 Å². The van der Waals surface area contributed by atoms with Crippen LogP contribution in [-0.4, -0.2) is 21.7 Å². The van der Waals surface area contributed by atoms with E-state index in [0.29, 0.717) is 5.25 Å². The van der Waals surface area contributed by atoms with Gasteiger partial charge < -0.3 is 5.11 Å². The molecule has 1 rings (SSSR count). The van der Waals surface area contributed by atoms with Gasteiger partial charge in [-0.15, -0.1) is 0 Å². The molecule has 18 heavy (non-hydrogen) atoms. The van der Waals surface area contributed by atoms with Crippen molar-refractivity contribution in [3.8, 4) is 0 Å². The fourth-order valence-electron chi connectivity index (χ4n) is 2.89. The molecule has 0 spiro atoms. The van der Waals surface area contributed by atoms with Gasteiger partial charge in [-0.05, 0) is 25.0 Å². The summed E-state index contributed by atoms with van der Waals surface area (Å²) in [6.45, 7) is 4.47. The maximum Gasteiger partial charge on any atom is 0.0763 e. The van der Waals surface area contributed by atoms with Crippen LogP contribution in [0.15, 0.2) is 0 Å². The van der Waals surface area contributed by atoms with Gasteiger partial charge in [-0.1, -0.05) is 65.2 Å². The molecule has 1 saturated heterocycles. The Balaban J connectivity index is 1.99. The van der Waals surface area contributed by atoms with Crippen LogP contribution in [0.2, 0.25) is 0 Å². The molecule has 1 nitrogen and oxygen atoms in total. The first-order valence-corrected chi connectivity index (χ1v) is 9.08. The second-order valence-electron chi connectivity index (χ2n) is 5.95. The van der Waals surface area contributed by atoms with E-state index < -0.39 is 0 Å². The van der Waals surface area contributed by atoms with Gasteiger partial charge in [-0.2, -0.15) is 11.8 Å². The van der Waals surface area contributed by atoms with Crippen LogP contribution in [-0.2, 0) is 0 Å². The monoisotopic (exact) mass is 272 g/mol. The lowest BCUT2D eigenvalue weighted by Gasteiger charge is -2.37. The van der Waals surface area contributed by atoms with Gasteiger partial charge in [0.2, 0.25) is 0 Å². The number of hydrogen-bond donors (Lipinski definition) is 1. The van der Waals surface area contributed by atoms with Gasteiger partial charge in [-0.3, -0.25) is 0 Å². The maximum atomic E-state index is 10.6. The second-order valence-corrected chi connectivity index (χ2v) is 7.39. The topological polar surface area (TPSA) is 20.2 Å². The Kier molecular flexibility index (Phi) is 8.41. The molecule has 0 aromatic carbocycles. The molecule has 2 unspecified atom stereocenters. The van der Waals surface area contributed by atoms with Crippen LogP contribution in [0, 0.1) is 0 Å². The van der Waals surface area contributed by atoms with Crippen molar-refractivity contribution in [2.75, 3.05) is 5.75 Å². The summed E-state index contributed by atoms with van der Waals surface area (Å²) in [6, 6.07) is 0. The predicted octanol–water partition coefficient (Wildman–Crippen LogP) is 5.16. The fourth-order valence-corrected chi connectivity index (χ4v) is 4.10. The lowest BCUT2D eigenvalue weighted by molar-refractivity contribution is 0.0184. The number of hydrogen-bond acceptors (Lipinski definition) is 2. The Morgan fingerprint density at radius 3 is 2.28 bits per heavy atom. The zero-order valence-electron chi connectivity index (χ0n) is 12.4. The molecule has 1 fully saturated rings. The highest BCUT2D eigenvalue weighted by Crippen LogP contribution is 2.37. The predicted molar refractivity (Wildman–Crippen MR) is 83.3 cm³/mol. The van der Waals surface area contributed by atoms with Gasteiger partial charge in [0.1, 0.15) is 0 Å². The Morgan fingerprint density at radius 1 is 1.06 bits per heavy atom. The first-order valence-electron chi connectivity index (χ1n) is 8.03. The van der Waals surface area contributed by atoms with Crippen molar-refractivity contribution in [3.05, 3.63) is 0 Å². The van der Waals surface area contributed by atoms with Crippen LogP contribution in [0.4, 0.5) is 0 Å². The van der Waals surface area contributed by atoms with Crippen LogP contribution >= 0.6 is 11.8 Å². The second kappa shape index (κ2) is 9.25. The van der Waals surface area contributed by atoms with Crippen LogP contribution in [0.3, 0.4) is 0 Å². The highest BCUT2D eigenvalue weighted by molar-refractivity contribution is 8.00. The van der Waals surface area contributed by atoms with Crippen LogP contribution in [0.25, 0.3) is 0 Å². The van der Waals surface area contributed by atoms with E-state index in [1.807, 2.05) is 11.8 Å². The molecule has 108 valence electrons. The van der Waals surface area contributed by atoms with Gasteiger partial charge in [0.25, 0.3) is 0 Å². The van der Waals surface area contributed by atoms with Gasteiger partial charge in [0.05, 0.1) is 5.60 Å². The lowest BCUT2D eigenvalue weighted by Crippen LogP contribution is -2.41. The molecule has 0 radical (unpaired) electrons. The molecular weight excluding hydrogens is 240 g/mol. The van der Waals surface area contributed by atoms with E-state index in [4.69, 9.17) is 0 Å². The third-order valence-electron chi connectivity index (χ3n) is 4.34. The SMILES string of the molecule is CCCCCCCCCCC1(O)CCCSC1C. The van der Waals surface area contributed by atoms with Crippen molar-refractivity contribution in [2.45, 2.75) is 95.3 Å². The van der Waals surface area contributed by atoms with Crippen LogP contribution in [0.5, 0.6) is 0 Å². The summed E-state index contributed by atoms with van der Waals surface area (Å²) in [5.74, 6) is 1.24. The molecule has 0 aromatic rings. The van der Waals surface area contributed by atoms with Gasteiger partial charge >= 0.3 is 0 Å². The molecule has 0 bridgehead atoms. The van der Waals surface area contributed by atoms with Crippen molar-refractivity contribution in [1.29, 1.82) is 0 Å². The van der Waals surface area contributed by atoms with Gasteiger partial charge in [0, 0.05) is 5.25 Å². The van der Waals surface area contributed by atoms with Crippen molar-refractivity contribution >= 4 is 11.8 Å². The smallest absolute Gasteiger partial charge is 0.0763 e. The highest BCUT2D eigenvalue weighted by Gasteiger charge is 2.35. The van der Waals surface area contributed by atoms with E-state index in [-0.39, 0.29) is 5.60 Å². The zero-order valence-corrected chi connectivity index (χ0v) is 13.2. The Labute approximate surface area is 118 Å². The maximum absolute atomic E-state index is 10.6. The van der Waals surface area contributed by atoms with E-state index in [9.17, 15) is 5.11 Å². The Bertz CT molecular complexity index is 207. The summed E-state index contributed by atoms with van der Waals surface area (Å²) in [4.78, 5) is 0. The Hall–Kier alpha value is 0.310. The minimum Gasteiger partial charge on any atom is -0.389 e. The lowest BCUT2D eigenvalue weighted by atomic mass is 9.88. The average Bonchev–Trinajstić information content (AvgIpc) is 2.37. The molecule has 0 saturated carbocycles. The third kappa shape index (κ3) is 5.97. The normalized spacial score (nSPS) is 28.5. The van der Waals surface area contributed by atoms with E-state index in [1.165, 1.54) is 63.5 Å². The molecule has 0 amide bonds. The standard InChI is InChI=1S/C16H32OS/c1-3-4-5-6-7-8-9-10-12-16(17)13-11-14-18-15(16)2/h15,17H,3-14H2,1-2H3. The fraction of sp³-hybridized carbons (Fsp3) is 1.00. The van der Waals surface area contributed by atoms with Gasteiger partial charge in [0.15, 0.2) is 0 Å². The summed E-state index contributed by atoms with van der Waals surface area (Å²) < 4.78 is 0. The van der Waals surface area contributed by atoms with Crippen LogP contribution in [0.1, 0.15) is 84.5 Å². The van der Waals surface area contributed by atoms with E-state index in [1.54, 1.807) is 0 Å². The van der Waals surface area contributed by atoms with Crippen molar-refractivity contribution in [3.63, 3.8) is 0 Å². The average molecular weight is 272 g/mol. The molecule has 1 N–H and O–H groups in total. The quantitative estimate of drug-likeness (QED) is 0.585. The number of aliphatic hydroxyl groups is 1.